The number of hydrogen-bond acceptors (Lipinski definition) is 3. The fraction of sp³-hybridized carbons (Fsp3) is 0.647. The molecule has 1 aromatic rings. The zero-order chi connectivity index (χ0) is 14.8. The van der Waals surface area contributed by atoms with Gasteiger partial charge in [0.25, 0.3) is 0 Å². The van der Waals surface area contributed by atoms with Crippen molar-refractivity contribution in [3.05, 3.63) is 29.3 Å². The number of rotatable bonds is 4. The lowest BCUT2D eigenvalue weighted by molar-refractivity contribution is 0.0643. The highest BCUT2D eigenvalue weighted by Gasteiger charge is 2.31. The Morgan fingerprint density at radius 1 is 1.35 bits per heavy atom. The van der Waals surface area contributed by atoms with Gasteiger partial charge in [0.1, 0.15) is 0 Å². The zero-order valence-electron chi connectivity index (χ0n) is 13.5. The van der Waals surface area contributed by atoms with Crippen molar-refractivity contribution in [2.24, 2.45) is 0 Å². The number of aryl methyl sites for hydroxylation is 1. The van der Waals surface area contributed by atoms with Crippen LogP contribution >= 0.6 is 0 Å². The Bertz CT molecular complexity index is 454. The maximum atomic E-state index is 5.61. The fourth-order valence-corrected chi connectivity index (χ4v) is 2.76. The van der Waals surface area contributed by atoms with Gasteiger partial charge in [-0.25, -0.2) is 0 Å². The molecule has 2 rings (SSSR count). The summed E-state index contributed by atoms with van der Waals surface area (Å²) in [4.78, 5) is 2.48. The molecule has 0 unspecified atom stereocenters. The summed E-state index contributed by atoms with van der Waals surface area (Å²) in [5.41, 5.74) is 4.11. The largest absolute Gasteiger partial charge is 0.377 e. The molecule has 0 atom stereocenters. The Hall–Kier alpha value is -1.06. The Morgan fingerprint density at radius 3 is 2.70 bits per heavy atom. The smallest absolute Gasteiger partial charge is 0.0694 e. The second-order valence-corrected chi connectivity index (χ2v) is 6.67. The molecule has 0 amide bonds. The molecule has 0 aliphatic carbocycles. The summed E-state index contributed by atoms with van der Waals surface area (Å²) in [6.07, 6.45) is 0. The fourth-order valence-electron chi connectivity index (χ4n) is 2.76. The lowest BCUT2D eigenvalue weighted by Gasteiger charge is -2.44. The summed E-state index contributed by atoms with van der Waals surface area (Å²) < 4.78 is 5.61. The third-order valence-electron chi connectivity index (χ3n) is 3.91. The van der Waals surface area contributed by atoms with Gasteiger partial charge in [0.05, 0.1) is 18.8 Å². The maximum absolute atomic E-state index is 5.61. The third kappa shape index (κ3) is 3.53. The average molecular weight is 276 g/mol. The molecule has 0 spiro atoms. The monoisotopic (exact) mass is 276 g/mol. The molecule has 0 saturated carbocycles. The summed E-state index contributed by atoms with van der Waals surface area (Å²) in [7, 11) is 0. The van der Waals surface area contributed by atoms with E-state index in [1.165, 1.54) is 16.8 Å². The van der Waals surface area contributed by atoms with E-state index in [4.69, 9.17) is 4.74 Å². The first-order chi connectivity index (χ1) is 9.40. The van der Waals surface area contributed by atoms with Crippen molar-refractivity contribution in [3.8, 4) is 0 Å². The second-order valence-electron chi connectivity index (χ2n) is 6.67. The maximum Gasteiger partial charge on any atom is 0.0694 e. The Labute approximate surface area is 123 Å². The van der Waals surface area contributed by atoms with E-state index in [-0.39, 0.29) is 5.54 Å². The minimum atomic E-state index is 0.0701. The van der Waals surface area contributed by atoms with Crippen LogP contribution in [0.15, 0.2) is 18.2 Å². The van der Waals surface area contributed by atoms with Gasteiger partial charge in [-0.3, -0.25) is 0 Å². The van der Waals surface area contributed by atoms with Crippen molar-refractivity contribution < 1.29 is 4.74 Å². The van der Waals surface area contributed by atoms with E-state index in [1.807, 2.05) is 0 Å². The van der Waals surface area contributed by atoms with Gasteiger partial charge in [0.15, 0.2) is 0 Å². The van der Waals surface area contributed by atoms with Gasteiger partial charge in [0.2, 0.25) is 0 Å². The molecule has 1 aliphatic heterocycles. The minimum Gasteiger partial charge on any atom is -0.377 e. The Morgan fingerprint density at radius 2 is 2.10 bits per heavy atom. The van der Waals surface area contributed by atoms with Gasteiger partial charge in [-0.05, 0) is 38.0 Å². The second kappa shape index (κ2) is 6.15. The van der Waals surface area contributed by atoms with Crippen molar-refractivity contribution in [3.63, 3.8) is 0 Å². The van der Waals surface area contributed by atoms with Crippen LogP contribution in [0, 0.1) is 6.92 Å². The van der Waals surface area contributed by atoms with E-state index in [9.17, 15) is 0 Å². The van der Waals surface area contributed by atoms with Crippen molar-refractivity contribution in [2.75, 3.05) is 24.7 Å². The molecule has 1 saturated heterocycles. The van der Waals surface area contributed by atoms with E-state index in [2.05, 4.69) is 63.0 Å². The number of nitrogens with zero attached hydrogens (tertiary/aromatic N) is 1. The highest BCUT2D eigenvalue weighted by Crippen LogP contribution is 2.30. The van der Waals surface area contributed by atoms with Crippen LogP contribution in [0.5, 0.6) is 0 Å². The van der Waals surface area contributed by atoms with Crippen molar-refractivity contribution in [2.45, 2.75) is 52.7 Å². The molecule has 20 heavy (non-hydrogen) atoms. The molecule has 112 valence electrons. The van der Waals surface area contributed by atoms with Gasteiger partial charge in [0, 0.05) is 24.8 Å². The molecule has 3 nitrogen and oxygen atoms in total. The summed E-state index contributed by atoms with van der Waals surface area (Å²) in [5.74, 6) is 0. The summed E-state index contributed by atoms with van der Waals surface area (Å²) in [6.45, 7) is 14.6. The normalized spacial score (nSPS) is 18.6. The number of nitrogens with one attached hydrogen (secondary N) is 1. The predicted octanol–water partition coefficient (Wildman–Crippen LogP) is 3.11. The van der Waals surface area contributed by atoms with E-state index in [1.54, 1.807) is 0 Å². The van der Waals surface area contributed by atoms with E-state index in [0.29, 0.717) is 6.04 Å². The Balaban J connectivity index is 2.16. The Kier molecular flexibility index (Phi) is 4.71. The number of morpholine rings is 1. The number of benzene rings is 1. The first-order valence-electron chi connectivity index (χ1n) is 7.58. The minimum absolute atomic E-state index is 0.0701. The van der Waals surface area contributed by atoms with Crippen LogP contribution in [0.3, 0.4) is 0 Å². The van der Waals surface area contributed by atoms with Gasteiger partial charge < -0.3 is 15.0 Å². The molecule has 1 N–H and O–H groups in total. The van der Waals surface area contributed by atoms with Crippen molar-refractivity contribution >= 4 is 5.69 Å². The van der Waals surface area contributed by atoms with E-state index >= 15 is 0 Å². The highest BCUT2D eigenvalue weighted by molar-refractivity contribution is 5.56. The number of anilines is 1. The number of hydrogen-bond donors (Lipinski definition) is 1. The SMILES string of the molecule is Cc1cc(CNC(C)C)ccc1N1CCOCC1(C)C. The lowest BCUT2D eigenvalue weighted by atomic mass is 9.99. The van der Waals surface area contributed by atoms with Gasteiger partial charge in [-0.2, -0.15) is 0 Å². The predicted molar refractivity (Wildman–Crippen MR) is 85.4 cm³/mol. The van der Waals surface area contributed by atoms with Crippen LogP contribution < -0.4 is 10.2 Å². The van der Waals surface area contributed by atoms with Crippen LogP contribution in [-0.4, -0.2) is 31.3 Å². The molecule has 1 fully saturated rings. The molecule has 0 radical (unpaired) electrons. The van der Waals surface area contributed by atoms with Crippen LogP contribution in [0.2, 0.25) is 0 Å². The first-order valence-corrected chi connectivity index (χ1v) is 7.58. The molecule has 0 aromatic heterocycles. The van der Waals surface area contributed by atoms with Gasteiger partial charge >= 0.3 is 0 Å². The molecular weight excluding hydrogens is 248 g/mol. The zero-order valence-corrected chi connectivity index (χ0v) is 13.5. The standard InChI is InChI=1S/C17H28N2O/c1-13(2)18-11-15-6-7-16(14(3)10-15)19-8-9-20-12-17(19,4)5/h6-7,10,13,18H,8-9,11-12H2,1-5H3. The van der Waals surface area contributed by atoms with Crippen LogP contribution in [-0.2, 0) is 11.3 Å². The van der Waals surface area contributed by atoms with Crippen LogP contribution in [0.25, 0.3) is 0 Å². The third-order valence-corrected chi connectivity index (χ3v) is 3.91. The lowest BCUT2D eigenvalue weighted by Crippen LogP contribution is -2.53. The quantitative estimate of drug-likeness (QED) is 0.914. The molecule has 1 aliphatic rings. The molecule has 3 heteroatoms. The molecule has 1 heterocycles. The molecule has 0 bridgehead atoms. The van der Waals surface area contributed by atoms with Crippen LogP contribution in [0.4, 0.5) is 5.69 Å². The topological polar surface area (TPSA) is 24.5 Å². The molecular formula is C17H28N2O. The van der Waals surface area contributed by atoms with Gasteiger partial charge in [-0.15, -0.1) is 0 Å². The van der Waals surface area contributed by atoms with Gasteiger partial charge in [-0.1, -0.05) is 26.0 Å². The summed E-state index contributed by atoms with van der Waals surface area (Å²) >= 11 is 0. The highest BCUT2D eigenvalue weighted by atomic mass is 16.5. The van der Waals surface area contributed by atoms with E-state index in [0.717, 1.165) is 26.3 Å². The average Bonchev–Trinajstić information content (AvgIpc) is 2.37. The summed E-state index contributed by atoms with van der Waals surface area (Å²) in [5, 5.41) is 3.47. The van der Waals surface area contributed by atoms with E-state index < -0.39 is 0 Å². The van der Waals surface area contributed by atoms with Crippen molar-refractivity contribution in [1.82, 2.24) is 5.32 Å². The first kappa shape index (κ1) is 15.3. The van der Waals surface area contributed by atoms with Crippen molar-refractivity contribution in [1.29, 1.82) is 0 Å². The molecule has 1 aromatic carbocycles. The number of ether oxygens (including phenoxy) is 1. The van der Waals surface area contributed by atoms with Crippen LogP contribution in [0.1, 0.15) is 38.8 Å². The summed E-state index contributed by atoms with van der Waals surface area (Å²) in [6, 6.07) is 7.33.